The lowest BCUT2D eigenvalue weighted by Crippen LogP contribution is -2.32. The average molecular weight is 289 g/mol. The summed E-state index contributed by atoms with van der Waals surface area (Å²) in [5.41, 5.74) is -0.0974. The first-order valence-corrected chi connectivity index (χ1v) is 7.66. The molecule has 0 aromatic heterocycles. The number of hydrogen-bond acceptors (Lipinski definition) is 3. The van der Waals surface area contributed by atoms with Crippen molar-refractivity contribution in [3.63, 3.8) is 0 Å². The minimum atomic E-state index is -3.04. The number of carbonyl (C=O) groups is 1. The van der Waals surface area contributed by atoms with E-state index in [2.05, 4.69) is 5.32 Å². The smallest absolute Gasteiger partial charge is 0.227 e. The zero-order valence-electron chi connectivity index (χ0n) is 10.0. The summed E-state index contributed by atoms with van der Waals surface area (Å²) in [4.78, 5) is 11.8. The van der Waals surface area contributed by atoms with Crippen LogP contribution in [0.15, 0.2) is 18.2 Å². The Morgan fingerprint density at radius 1 is 1.21 bits per heavy atom. The van der Waals surface area contributed by atoms with Crippen LogP contribution >= 0.6 is 0 Å². The Bertz CT molecular complexity index is 587. The van der Waals surface area contributed by atoms with Crippen LogP contribution in [0.5, 0.6) is 0 Å². The minimum Gasteiger partial charge on any atom is -0.323 e. The van der Waals surface area contributed by atoms with Crippen molar-refractivity contribution in [2.24, 2.45) is 5.92 Å². The van der Waals surface area contributed by atoms with E-state index in [0.717, 1.165) is 12.1 Å². The zero-order chi connectivity index (χ0) is 14.0. The van der Waals surface area contributed by atoms with Gasteiger partial charge in [0.05, 0.1) is 17.2 Å². The second-order valence-corrected chi connectivity index (χ2v) is 6.84. The molecule has 1 aliphatic rings. The molecule has 104 valence electrons. The van der Waals surface area contributed by atoms with Gasteiger partial charge in [0.15, 0.2) is 0 Å². The molecule has 1 aromatic carbocycles. The summed E-state index contributed by atoms with van der Waals surface area (Å²) in [6.45, 7) is 0. The van der Waals surface area contributed by atoms with Crippen molar-refractivity contribution in [1.82, 2.24) is 0 Å². The van der Waals surface area contributed by atoms with Gasteiger partial charge in [-0.3, -0.25) is 4.79 Å². The molecular formula is C12H13F2NO3S. The van der Waals surface area contributed by atoms with Crippen molar-refractivity contribution in [2.45, 2.75) is 12.8 Å². The lowest BCUT2D eigenvalue weighted by atomic mass is 10.0. The average Bonchev–Trinajstić information content (AvgIpc) is 2.32. The predicted molar refractivity (Wildman–Crippen MR) is 66.4 cm³/mol. The molecule has 1 N–H and O–H groups in total. The molecule has 0 unspecified atom stereocenters. The van der Waals surface area contributed by atoms with Gasteiger partial charge in [-0.25, -0.2) is 17.2 Å². The van der Waals surface area contributed by atoms with Crippen LogP contribution < -0.4 is 5.32 Å². The van der Waals surface area contributed by atoms with Crippen molar-refractivity contribution in [1.29, 1.82) is 0 Å². The van der Waals surface area contributed by atoms with Crippen LogP contribution in [0.25, 0.3) is 0 Å². The van der Waals surface area contributed by atoms with Gasteiger partial charge in [-0.15, -0.1) is 0 Å². The fourth-order valence-electron chi connectivity index (χ4n) is 1.98. The molecule has 1 heterocycles. The highest BCUT2D eigenvalue weighted by atomic mass is 32.2. The summed E-state index contributed by atoms with van der Waals surface area (Å²) in [5.74, 6) is -2.52. The summed E-state index contributed by atoms with van der Waals surface area (Å²) in [5, 5.41) is 2.36. The molecule has 0 saturated carbocycles. The number of hydrogen-bond donors (Lipinski definition) is 1. The summed E-state index contributed by atoms with van der Waals surface area (Å²) in [7, 11) is -3.04. The van der Waals surface area contributed by atoms with E-state index in [9.17, 15) is 22.0 Å². The Kier molecular flexibility index (Phi) is 3.84. The summed E-state index contributed by atoms with van der Waals surface area (Å²) >= 11 is 0. The van der Waals surface area contributed by atoms with Gasteiger partial charge in [0, 0.05) is 12.0 Å². The Morgan fingerprint density at radius 3 is 2.42 bits per heavy atom. The fraction of sp³-hybridized carbons (Fsp3) is 0.417. The second-order valence-electron chi connectivity index (χ2n) is 4.54. The van der Waals surface area contributed by atoms with Crippen molar-refractivity contribution < 1.29 is 22.0 Å². The molecular weight excluding hydrogens is 276 g/mol. The van der Waals surface area contributed by atoms with Crippen molar-refractivity contribution in [3.05, 3.63) is 29.8 Å². The van der Waals surface area contributed by atoms with E-state index < -0.39 is 33.3 Å². The third-order valence-electron chi connectivity index (χ3n) is 3.11. The molecule has 0 atom stereocenters. The highest BCUT2D eigenvalue weighted by molar-refractivity contribution is 7.91. The van der Waals surface area contributed by atoms with Gasteiger partial charge in [-0.05, 0) is 25.0 Å². The molecule has 0 spiro atoms. The second kappa shape index (κ2) is 5.24. The van der Waals surface area contributed by atoms with Crippen molar-refractivity contribution in [2.75, 3.05) is 16.8 Å². The number of halogens is 2. The first kappa shape index (κ1) is 13.9. The van der Waals surface area contributed by atoms with E-state index in [1.807, 2.05) is 0 Å². The lowest BCUT2D eigenvalue weighted by molar-refractivity contribution is -0.120. The Balaban J connectivity index is 2.02. The van der Waals surface area contributed by atoms with Crippen LogP contribution in [-0.2, 0) is 14.6 Å². The van der Waals surface area contributed by atoms with Crippen molar-refractivity contribution >= 4 is 21.4 Å². The molecule has 1 aromatic rings. The van der Waals surface area contributed by atoms with Crippen LogP contribution in [-0.4, -0.2) is 25.8 Å². The molecule has 0 radical (unpaired) electrons. The normalized spacial score (nSPS) is 19.1. The van der Waals surface area contributed by atoms with Crippen LogP contribution in [0.4, 0.5) is 14.5 Å². The number of amides is 1. The highest BCUT2D eigenvalue weighted by Crippen LogP contribution is 2.22. The van der Waals surface area contributed by atoms with Crippen LogP contribution in [0, 0.1) is 17.6 Å². The van der Waals surface area contributed by atoms with E-state index >= 15 is 0 Å². The van der Waals surface area contributed by atoms with Gasteiger partial charge in [-0.2, -0.15) is 0 Å². The molecule has 1 saturated heterocycles. The molecule has 1 amide bonds. The van der Waals surface area contributed by atoms with Gasteiger partial charge in [0.2, 0.25) is 5.91 Å². The summed E-state index contributed by atoms with van der Waals surface area (Å²) in [6, 6.07) is 2.87. The molecule has 0 bridgehead atoms. The third kappa shape index (κ3) is 3.50. The maximum absolute atomic E-state index is 13.4. The number of benzene rings is 1. The number of anilines is 1. The highest BCUT2D eigenvalue weighted by Gasteiger charge is 2.28. The van der Waals surface area contributed by atoms with Gasteiger partial charge in [0.1, 0.15) is 21.5 Å². The number of carbonyl (C=O) groups excluding carboxylic acids is 1. The molecule has 7 heteroatoms. The number of rotatable bonds is 2. The molecule has 4 nitrogen and oxygen atoms in total. The third-order valence-corrected chi connectivity index (χ3v) is 4.83. The van der Waals surface area contributed by atoms with E-state index in [1.54, 1.807) is 0 Å². The first-order valence-electron chi connectivity index (χ1n) is 5.84. The molecule has 1 fully saturated rings. The SMILES string of the molecule is O=C(Nc1ccc(F)cc1F)C1CCS(=O)(=O)CC1. The Hall–Kier alpha value is -1.50. The Labute approximate surface area is 109 Å². The van der Waals surface area contributed by atoms with Crippen LogP contribution in [0.3, 0.4) is 0 Å². The van der Waals surface area contributed by atoms with Crippen LogP contribution in [0.2, 0.25) is 0 Å². The maximum Gasteiger partial charge on any atom is 0.227 e. The Morgan fingerprint density at radius 2 is 1.84 bits per heavy atom. The topological polar surface area (TPSA) is 63.2 Å². The van der Waals surface area contributed by atoms with E-state index in [1.165, 1.54) is 0 Å². The minimum absolute atomic E-state index is 0.0308. The first-order chi connectivity index (χ1) is 8.87. The van der Waals surface area contributed by atoms with Gasteiger partial charge in [-0.1, -0.05) is 0 Å². The molecule has 1 aliphatic heterocycles. The van der Waals surface area contributed by atoms with Crippen LogP contribution in [0.1, 0.15) is 12.8 Å². The van der Waals surface area contributed by atoms with E-state index in [4.69, 9.17) is 0 Å². The maximum atomic E-state index is 13.4. The van der Waals surface area contributed by atoms with Crippen molar-refractivity contribution in [3.8, 4) is 0 Å². The van der Waals surface area contributed by atoms with Gasteiger partial charge >= 0.3 is 0 Å². The monoisotopic (exact) mass is 289 g/mol. The fourth-order valence-corrected chi connectivity index (χ4v) is 3.47. The largest absolute Gasteiger partial charge is 0.323 e. The number of sulfone groups is 1. The van der Waals surface area contributed by atoms with E-state index in [0.29, 0.717) is 6.07 Å². The predicted octanol–water partition coefficient (Wildman–Crippen LogP) is 1.73. The van der Waals surface area contributed by atoms with Gasteiger partial charge in [0.25, 0.3) is 0 Å². The summed E-state index contributed by atoms with van der Waals surface area (Å²) in [6.07, 6.45) is 0.466. The standard InChI is InChI=1S/C12H13F2NO3S/c13-9-1-2-11(10(14)7-9)15-12(16)8-3-5-19(17,18)6-4-8/h1-2,7-8H,3-6H2,(H,15,16). The number of nitrogens with one attached hydrogen (secondary N) is 1. The zero-order valence-corrected chi connectivity index (χ0v) is 10.8. The lowest BCUT2D eigenvalue weighted by Gasteiger charge is -2.21. The van der Waals surface area contributed by atoms with Gasteiger partial charge < -0.3 is 5.32 Å². The summed E-state index contributed by atoms with van der Waals surface area (Å²) < 4.78 is 48.5. The quantitative estimate of drug-likeness (QED) is 0.902. The molecule has 0 aliphatic carbocycles. The molecule has 2 rings (SSSR count). The molecule has 19 heavy (non-hydrogen) atoms. The van der Waals surface area contributed by atoms with E-state index in [-0.39, 0.29) is 30.0 Å².